The van der Waals surface area contributed by atoms with Gasteiger partial charge < -0.3 is 9.64 Å². The maximum atomic E-state index is 13.8. The van der Waals surface area contributed by atoms with E-state index < -0.39 is 5.60 Å². The van der Waals surface area contributed by atoms with Gasteiger partial charge in [0, 0.05) is 42.8 Å². The Morgan fingerprint density at radius 3 is 2.46 bits per heavy atom. The lowest BCUT2D eigenvalue weighted by atomic mass is 10.0. The lowest BCUT2D eigenvalue weighted by molar-refractivity contribution is -0.00543. The van der Waals surface area contributed by atoms with Crippen LogP contribution in [0.4, 0.5) is 4.79 Å². The number of hydrogen-bond donors (Lipinski definition) is 0. The fourth-order valence-corrected chi connectivity index (χ4v) is 6.39. The van der Waals surface area contributed by atoms with Gasteiger partial charge in [0.05, 0.1) is 35.2 Å². The summed E-state index contributed by atoms with van der Waals surface area (Å²) < 4.78 is 7.48. The van der Waals surface area contributed by atoms with Crippen molar-refractivity contribution in [3.05, 3.63) is 63.1 Å². The molecule has 1 aromatic carbocycles. The van der Waals surface area contributed by atoms with Crippen LogP contribution in [0.1, 0.15) is 72.2 Å². The van der Waals surface area contributed by atoms with E-state index >= 15 is 0 Å². The summed E-state index contributed by atoms with van der Waals surface area (Å²) in [7, 11) is 0. The van der Waals surface area contributed by atoms with Crippen molar-refractivity contribution < 1.29 is 14.3 Å². The van der Waals surface area contributed by atoms with Crippen LogP contribution in [0.5, 0.6) is 0 Å². The average molecular weight is 551 g/mol. The van der Waals surface area contributed by atoms with Gasteiger partial charge in [-0.15, -0.1) is 0 Å². The van der Waals surface area contributed by atoms with E-state index in [1.54, 1.807) is 4.52 Å². The summed E-state index contributed by atoms with van der Waals surface area (Å²) >= 11 is 6.39. The number of benzene rings is 1. The Morgan fingerprint density at radius 1 is 1.08 bits per heavy atom. The fraction of sp³-hybridized carbons (Fsp3) is 0.517. The summed E-state index contributed by atoms with van der Waals surface area (Å²) in [5.41, 5.74) is 5.45. The van der Waals surface area contributed by atoms with E-state index in [9.17, 15) is 9.59 Å². The molecule has 39 heavy (non-hydrogen) atoms. The quantitative estimate of drug-likeness (QED) is 0.468. The van der Waals surface area contributed by atoms with Crippen LogP contribution in [0.15, 0.2) is 24.3 Å². The Hall–Kier alpha value is -3.17. The van der Waals surface area contributed by atoms with Crippen molar-refractivity contribution in [2.75, 3.05) is 13.1 Å². The Labute approximate surface area is 233 Å². The molecule has 2 unspecified atom stereocenters. The molecule has 2 atom stereocenters. The molecule has 10 heteroatoms. The van der Waals surface area contributed by atoms with Crippen LogP contribution in [0.2, 0.25) is 5.02 Å². The number of nitrogens with zero attached hydrogens (tertiary/aromatic N) is 6. The molecule has 0 N–H and O–H groups in total. The van der Waals surface area contributed by atoms with Crippen LogP contribution in [-0.4, -0.2) is 72.1 Å². The molecule has 9 nitrogen and oxygen atoms in total. The van der Waals surface area contributed by atoms with Gasteiger partial charge in [-0.2, -0.15) is 5.10 Å². The third kappa shape index (κ3) is 4.65. The highest BCUT2D eigenvalue weighted by Crippen LogP contribution is 2.34. The molecular formula is C29H35ClN6O3. The van der Waals surface area contributed by atoms with E-state index in [4.69, 9.17) is 21.4 Å². The van der Waals surface area contributed by atoms with E-state index in [-0.39, 0.29) is 24.1 Å². The van der Waals surface area contributed by atoms with Crippen molar-refractivity contribution in [1.82, 2.24) is 29.3 Å². The first-order chi connectivity index (χ1) is 18.5. The van der Waals surface area contributed by atoms with Crippen LogP contribution >= 0.6 is 11.6 Å². The first kappa shape index (κ1) is 26.1. The Bertz CT molecular complexity index is 1460. The predicted octanol–water partition coefficient (Wildman–Crippen LogP) is 4.74. The molecule has 2 fully saturated rings. The normalized spacial score (nSPS) is 21.1. The Balaban J connectivity index is 1.17. The number of amides is 2. The number of likely N-dealkylation sites (tertiary alicyclic amines) is 1. The number of hydrogen-bond acceptors (Lipinski definition) is 6. The maximum Gasteiger partial charge on any atom is 0.410 e. The Morgan fingerprint density at radius 2 is 1.77 bits per heavy atom. The van der Waals surface area contributed by atoms with E-state index in [0.717, 1.165) is 59.8 Å². The van der Waals surface area contributed by atoms with Gasteiger partial charge in [-0.25, -0.2) is 14.3 Å². The lowest BCUT2D eigenvalue weighted by Crippen LogP contribution is -2.56. The van der Waals surface area contributed by atoms with Gasteiger partial charge in [0.15, 0.2) is 5.65 Å². The van der Waals surface area contributed by atoms with Gasteiger partial charge in [-0.3, -0.25) is 14.6 Å². The van der Waals surface area contributed by atoms with Gasteiger partial charge in [0.1, 0.15) is 5.60 Å². The number of ether oxygens (including phenoxy) is 1. The number of piperazine rings is 1. The van der Waals surface area contributed by atoms with Crippen molar-refractivity contribution in [2.45, 2.75) is 84.8 Å². The second-order valence-corrected chi connectivity index (χ2v) is 12.4. The molecule has 2 saturated heterocycles. The number of carbonyl (C=O) groups excluding carboxylic acids is 2. The third-order valence-electron chi connectivity index (χ3n) is 8.05. The first-order valence-electron chi connectivity index (χ1n) is 13.6. The van der Waals surface area contributed by atoms with Crippen LogP contribution in [-0.2, 0) is 24.4 Å². The highest BCUT2D eigenvalue weighted by atomic mass is 35.5. The number of rotatable bonds is 3. The van der Waals surface area contributed by atoms with Crippen molar-refractivity contribution >= 4 is 29.2 Å². The van der Waals surface area contributed by atoms with Crippen LogP contribution in [0.25, 0.3) is 5.65 Å². The molecule has 0 saturated carbocycles. The van der Waals surface area contributed by atoms with E-state index in [1.165, 1.54) is 0 Å². The van der Waals surface area contributed by atoms with Crippen molar-refractivity contribution in [1.29, 1.82) is 0 Å². The lowest BCUT2D eigenvalue weighted by Gasteiger charge is -2.41. The topological polar surface area (TPSA) is 83.3 Å². The molecule has 3 aliphatic heterocycles. The van der Waals surface area contributed by atoms with E-state index in [1.807, 2.05) is 68.7 Å². The van der Waals surface area contributed by atoms with Gasteiger partial charge >= 0.3 is 6.09 Å². The maximum absolute atomic E-state index is 13.8. The Kier molecular flexibility index (Phi) is 6.34. The van der Waals surface area contributed by atoms with E-state index in [0.29, 0.717) is 30.2 Å². The minimum atomic E-state index is -0.508. The van der Waals surface area contributed by atoms with Crippen molar-refractivity contribution in [2.24, 2.45) is 0 Å². The summed E-state index contributed by atoms with van der Waals surface area (Å²) in [4.78, 5) is 37.5. The molecule has 3 aliphatic rings. The molecule has 0 radical (unpaired) electrons. The van der Waals surface area contributed by atoms with E-state index in [2.05, 4.69) is 9.88 Å². The molecule has 206 valence electrons. The number of aryl methyl sites for hydroxylation is 2. The summed E-state index contributed by atoms with van der Waals surface area (Å²) in [5.74, 6) is -0.000444. The monoisotopic (exact) mass is 550 g/mol. The van der Waals surface area contributed by atoms with Crippen LogP contribution < -0.4 is 0 Å². The van der Waals surface area contributed by atoms with Gasteiger partial charge in [-0.05, 0) is 59.1 Å². The first-order valence-corrected chi connectivity index (χ1v) is 14.0. The van der Waals surface area contributed by atoms with Gasteiger partial charge in [0.2, 0.25) is 0 Å². The SMILES string of the molecule is Cc1nc2c3c(nn2c(C)c1Cl)CN(C(=O)c1ccccc1CN1CC2CCC(C1)N2C(=O)OC(C)(C)C)C3. The van der Waals surface area contributed by atoms with Crippen molar-refractivity contribution in [3.8, 4) is 0 Å². The number of carbonyl (C=O) groups is 2. The minimum Gasteiger partial charge on any atom is -0.444 e. The average Bonchev–Trinajstić information content (AvgIpc) is 3.52. The smallest absolute Gasteiger partial charge is 0.410 e. The second kappa shape index (κ2) is 9.48. The minimum absolute atomic E-state index is 0.000444. The molecule has 0 spiro atoms. The standard InChI is InChI=1S/C29H35ClN6O3/c1-17-25(30)18(2)36-26(31-17)23-15-34(16-24(23)32-36)27(37)22-9-7-6-8-19(22)12-33-13-20-10-11-21(14-33)35(20)28(38)39-29(3,4)5/h6-9,20-21H,10-16H2,1-5H3. The van der Waals surface area contributed by atoms with Gasteiger partial charge in [0.25, 0.3) is 5.91 Å². The highest BCUT2D eigenvalue weighted by Gasteiger charge is 2.44. The zero-order chi connectivity index (χ0) is 27.6. The second-order valence-electron chi connectivity index (χ2n) is 12.0. The van der Waals surface area contributed by atoms with Crippen LogP contribution in [0.3, 0.4) is 0 Å². The predicted molar refractivity (Wildman–Crippen MR) is 148 cm³/mol. The molecule has 2 amide bonds. The fourth-order valence-electron chi connectivity index (χ4n) is 6.27. The zero-order valence-electron chi connectivity index (χ0n) is 23.2. The molecule has 5 heterocycles. The highest BCUT2D eigenvalue weighted by molar-refractivity contribution is 6.31. The largest absolute Gasteiger partial charge is 0.444 e. The number of halogens is 1. The van der Waals surface area contributed by atoms with Crippen LogP contribution in [0, 0.1) is 13.8 Å². The van der Waals surface area contributed by atoms with Crippen molar-refractivity contribution in [3.63, 3.8) is 0 Å². The summed E-state index contributed by atoms with van der Waals surface area (Å²) in [5, 5.41) is 5.35. The van der Waals surface area contributed by atoms with Gasteiger partial charge in [-0.1, -0.05) is 29.8 Å². The summed E-state index contributed by atoms with van der Waals surface area (Å²) in [6.45, 7) is 12.7. The summed E-state index contributed by atoms with van der Waals surface area (Å²) in [6, 6.07) is 8.14. The summed E-state index contributed by atoms with van der Waals surface area (Å²) in [6.07, 6.45) is 1.74. The molecule has 2 bridgehead atoms. The molecular weight excluding hydrogens is 516 g/mol. The number of aromatic nitrogens is 3. The molecule has 0 aliphatic carbocycles. The molecule has 2 aromatic heterocycles. The molecule has 6 rings (SSSR count). The zero-order valence-corrected chi connectivity index (χ0v) is 24.0. The number of fused-ring (bicyclic) bond motifs is 5. The third-order valence-corrected chi connectivity index (χ3v) is 8.59. The molecule has 3 aromatic rings.